The third kappa shape index (κ3) is 1.48. The molecule has 3 aliphatic rings. The number of hydrogen-bond acceptors (Lipinski definition) is 1. The summed E-state index contributed by atoms with van der Waals surface area (Å²) in [6, 6.07) is 0. The number of aliphatic hydroxyl groups is 1. The standard InChI is InChI=1S/C15H22O/c1-9(10(2)16)6-11-7-12-8-15(11)14-5-3-4-13(12)14/h3,5-6,9-10,12-16H,4,7-8H2,1-2H3/t9-,10-,12-,13+,14+,15-/m1/s1. The van der Waals surface area contributed by atoms with Gasteiger partial charge in [-0.3, -0.25) is 0 Å². The van der Waals surface area contributed by atoms with Crippen molar-refractivity contribution in [3.05, 3.63) is 23.8 Å². The maximum Gasteiger partial charge on any atom is 0.0572 e. The fraction of sp³-hybridized carbons (Fsp3) is 0.733. The molecule has 0 unspecified atom stereocenters. The van der Waals surface area contributed by atoms with Crippen LogP contribution in [0.4, 0.5) is 0 Å². The predicted molar refractivity (Wildman–Crippen MR) is 65.9 cm³/mol. The molecular weight excluding hydrogens is 196 g/mol. The molecule has 0 radical (unpaired) electrons. The Kier molecular flexibility index (Phi) is 2.47. The summed E-state index contributed by atoms with van der Waals surface area (Å²) in [5.41, 5.74) is 1.64. The second-order valence-electron chi connectivity index (χ2n) is 6.05. The molecule has 0 saturated heterocycles. The smallest absolute Gasteiger partial charge is 0.0572 e. The van der Waals surface area contributed by atoms with Crippen LogP contribution in [0.25, 0.3) is 0 Å². The number of allylic oxidation sites excluding steroid dienone is 3. The van der Waals surface area contributed by atoms with E-state index < -0.39 is 0 Å². The van der Waals surface area contributed by atoms with E-state index in [1.165, 1.54) is 19.3 Å². The topological polar surface area (TPSA) is 20.2 Å². The summed E-state index contributed by atoms with van der Waals surface area (Å²) in [5.74, 6) is 3.88. The van der Waals surface area contributed by atoms with E-state index in [0.29, 0.717) is 5.92 Å². The van der Waals surface area contributed by atoms with E-state index in [0.717, 1.165) is 23.7 Å². The van der Waals surface area contributed by atoms with Crippen LogP contribution >= 0.6 is 0 Å². The Balaban J connectivity index is 1.79. The zero-order valence-corrected chi connectivity index (χ0v) is 10.3. The second kappa shape index (κ2) is 3.73. The lowest BCUT2D eigenvalue weighted by atomic mass is 9.78. The molecule has 3 rings (SSSR count). The Labute approximate surface area is 98.2 Å². The van der Waals surface area contributed by atoms with Crippen molar-refractivity contribution in [2.45, 2.75) is 39.2 Å². The molecule has 0 aromatic rings. The SMILES string of the molecule is C[C@H](C=C1C[C@@H]2C[C@H]1[C@H]1C=CC[C@@H]21)[C@@H](C)O. The van der Waals surface area contributed by atoms with Crippen LogP contribution in [0.3, 0.4) is 0 Å². The molecule has 2 saturated carbocycles. The van der Waals surface area contributed by atoms with Crippen LogP contribution in [0.2, 0.25) is 0 Å². The number of hydrogen-bond donors (Lipinski definition) is 1. The highest BCUT2D eigenvalue weighted by molar-refractivity contribution is 5.27. The van der Waals surface area contributed by atoms with Crippen LogP contribution in [0.15, 0.2) is 23.8 Å². The Hall–Kier alpha value is -0.560. The van der Waals surface area contributed by atoms with Gasteiger partial charge in [0.05, 0.1) is 6.10 Å². The van der Waals surface area contributed by atoms with Crippen molar-refractivity contribution in [3.63, 3.8) is 0 Å². The van der Waals surface area contributed by atoms with Crippen molar-refractivity contribution in [2.24, 2.45) is 29.6 Å². The summed E-state index contributed by atoms with van der Waals surface area (Å²) >= 11 is 0. The van der Waals surface area contributed by atoms with Crippen molar-refractivity contribution in [2.75, 3.05) is 0 Å². The van der Waals surface area contributed by atoms with E-state index in [4.69, 9.17) is 0 Å². The molecule has 0 aliphatic heterocycles. The first-order valence-electron chi connectivity index (χ1n) is 6.72. The molecule has 0 heterocycles. The highest BCUT2D eigenvalue weighted by atomic mass is 16.3. The minimum absolute atomic E-state index is 0.207. The molecule has 1 nitrogen and oxygen atoms in total. The summed E-state index contributed by atoms with van der Waals surface area (Å²) in [4.78, 5) is 0. The van der Waals surface area contributed by atoms with E-state index in [2.05, 4.69) is 25.2 Å². The Bertz CT molecular complexity index is 339. The van der Waals surface area contributed by atoms with E-state index in [1.807, 2.05) is 6.92 Å². The van der Waals surface area contributed by atoms with Crippen molar-refractivity contribution in [1.29, 1.82) is 0 Å². The number of rotatable bonds is 2. The van der Waals surface area contributed by atoms with Crippen LogP contribution in [0, 0.1) is 29.6 Å². The maximum atomic E-state index is 9.58. The zero-order chi connectivity index (χ0) is 11.3. The van der Waals surface area contributed by atoms with Gasteiger partial charge in [0, 0.05) is 0 Å². The molecule has 2 fully saturated rings. The van der Waals surface area contributed by atoms with Gasteiger partial charge in [-0.15, -0.1) is 0 Å². The minimum Gasteiger partial charge on any atom is -0.393 e. The lowest BCUT2D eigenvalue weighted by Gasteiger charge is -2.27. The highest BCUT2D eigenvalue weighted by Gasteiger charge is 2.49. The van der Waals surface area contributed by atoms with Crippen LogP contribution in [-0.4, -0.2) is 11.2 Å². The van der Waals surface area contributed by atoms with Gasteiger partial charge >= 0.3 is 0 Å². The lowest BCUT2D eigenvalue weighted by Crippen LogP contribution is -2.20. The molecule has 1 N–H and O–H groups in total. The second-order valence-corrected chi connectivity index (χ2v) is 6.05. The average Bonchev–Trinajstić information content (AvgIpc) is 2.87. The quantitative estimate of drug-likeness (QED) is 0.706. The molecule has 1 heteroatoms. The third-order valence-electron chi connectivity index (χ3n) is 5.10. The normalized spacial score (nSPS) is 46.3. The van der Waals surface area contributed by atoms with Gasteiger partial charge in [0.15, 0.2) is 0 Å². The zero-order valence-electron chi connectivity index (χ0n) is 10.3. The van der Waals surface area contributed by atoms with Gasteiger partial charge in [0.25, 0.3) is 0 Å². The molecule has 0 aromatic heterocycles. The van der Waals surface area contributed by atoms with E-state index in [9.17, 15) is 5.11 Å². The summed E-state index contributed by atoms with van der Waals surface area (Å²) < 4.78 is 0. The summed E-state index contributed by atoms with van der Waals surface area (Å²) in [7, 11) is 0. The molecule has 88 valence electrons. The van der Waals surface area contributed by atoms with Crippen LogP contribution < -0.4 is 0 Å². The first-order chi connectivity index (χ1) is 7.66. The van der Waals surface area contributed by atoms with Gasteiger partial charge in [-0.1, -0.05) is 30.7 Å². The highest BCUT2D eigenvalue weighted by Crippen LogP contribution is 2.58. The Morgan fingerprint density at radius 3 is 3.00 bits per heavy atom. The van der Waals surface area contributed by atoms with Crippen LogP contribution in [-0.2, 0) is 0 Å². The molecular formula is C15H22O. The monoisotopic (exact) mass is 218 g/mol. The lowest BCUT2D eigenvalue weighted by molar-refractivity contribution is 0.156. The minimum atomic E-state index is -0.207. The van der Waals surface area contributed by atoms with Gasteiger partial charge in [-0.05, 0) is 55.8 Å². The van der Waals surface area contributed by atoms with E-state index >= 15 is 0 Å². The Morgan fingerprint density at radius 2 is 2.25 bits per heavy atom. The molecule has 2 bridgehead atoms. The molecule has 0 aromatic carbocycles. The van der Waals surface area contributed by atoms with Crippen LogP contribution in [0.5, 0.6) is 0 Å². The van der Waals surface area contributed by atoms with Gasteiger partial charge in [-0.25, -0.2) is 0 Å². The molecule has 3 aliphatic carbocycles. The van der Waals surface area contributed by atoms with Crippen LogP contribution in [0.1, 0.15) is 33.1 Å². The number of fused-ring (bicyclic) bond motifs is 5. The predicted octanol–water partition coefficient (Wildman–Crippen LogP) is 3.16. The van der Waals surface area contributed by atoms with Gasteiger partial charge < -0.3 is 5.11 Å². The van der Waals surface area contributed by atoms with Gasteiger partial charge in [-0.2, -0.15) is 0 Å². The molecule has 16 heavy (non-hydrogen) atoms. The molecule has 0 amide bonds. The first-order valence-corrected chi connectivity index (χ1v) is 6.72. The van der Waals surface area contributed by atoms with Crippen molar-refractivity contribution < 1.29 is 5.11 Å². The fourth-order valence-corrected chi connectivity index (χ4v) is 4.05. The van der Waals surface area contributed by atoms with E-state index in [1.54, 1.807) is 5.57 Å². The van der Waals surface area contributed by atoms with Crippen molar-refractivity contribution in [1.82, 2.24) is 0 Å². The Morgan fingerprint density at radius 1 is 1.44 bits per heavy atom. The summed E-state index contributed by atoms with van der Waals surface area (Å²) in [6.45, 7) is 4.03. The van der Waals surface area contributed by atoms with Crippen molar-refractivity contribution >= 4 is 0 Å². The third-order valence-corrected chi connectivity index (χ3v) is 5.10. The van der Waals surface area contributed by atoms with Gasteiger partial charge in [0.1, 0.15) is 0 Å². The van der Waals surface area contributed by atoms with E-state index in [-0.39, 0.29) is 6.10 Å². The summed E-state index contributed by atoms with van der Waals surface area (Å²) in [5, 5.41) is 9.58. The number of aliphatic hydroxyl groups excluding tert-OH is 1. The maximum absolute atomic E-state index is 9.58. The first kappa shape index (κ1) is 10.6. The fourth-order valence-electron chi connectivity index (χ4n) is 4.05. The van der Waals surface area contributed by atoms with Gasteiger partial charge in [0.2, 0.25) is 0 Å². The summed E-state index contributed by atoms with van der Waals surface area (Å²) in [6.07, 6.45) is 11.0. The van der Waals surface area contributed by atoms with Crippen molar-refractivity contribution in [3.8, 4) is 0 Å². The average molecular weight is 218 g/mol. The molecule has 0 spiro atoms. The largest absolute Gasteiger partial charge is 0.393 e. The molecule has 6 atom stereocenters.